The number of benzene rings is 1. The number of hydrogen-bond acceptors (Lipinski definition) is 3. The summed E-state index contributed by atoms with van der Waals surface area (Å²) in [4.78, 5) is 20.3. The first-order valence-electron chi connectivity index (χ1n) is 10.9. The van der Waals surface area contributed by atoms with Crippen molar-refractivity contribution in [2.24, 2.45) is 4.99 Å². The van der Waals surface area contributed by atoms with Crippen LogP contribution in [0.1, 0.15) is 82.8 Å². The van der Waals surface area contributed by atoms with Crippen molar-refractivity contribution >= 4 is 27.7 Å². The number of halogens is 1. The first-order valence-corrected chi connectivity index (χ1v) is 11.7. The summed E-state index contributed by atoms with van der Waals surface area (Å²) >= 11 is 3.71. The van der Waals surface area contributed by atoms with Gasteiger partial charge in [0, 0.05) is 17.5 Å². The van der Waals surface area contributed by atoms with Crippen molar-refractivity contribution in [3.05, 3.63) is 33.8 Å². The average molecular weight is 447 g/mol. The van der Waals surface area contributed by atoms with Crippen LogP contribution in [0.5, 0.6) is 0 Å². The highest BCUT2D eigenvalue weighted by Crippen LogP contribution is 2.51. The third-order valence-electron chi connectivity index (χ3n) is 6.47. The molecular weight excluding hydrogens is 416 g/mol. The summed E-state index contributed by atoms with van der Waals surface area (Å²) in [5.74, 6) is 1.23. The van der Waals surface area contributed by atoms with Gasteiger partial charge in [0.15, 0.2) is 0 Å². The average Bonchev–Trinajstić information content (AvgIpc) is 3.23. The Labute approximate surface area is 176 Å². The second-order valence-electron chi connectivity index (χ2n) is 8.50. The van der Waals surface area contributed by atoms with Crippen molar-refractivity contribution in [2.75, 3.05) is 6.61 Å². The maximum absolute atomic E-state index is 13.3. The molecule has 0 atom stereocenters. The molecule has 1 amide bonds. The zero-order valence-corrected chi connectivity index (χ0v) is 18.7. The Morgan fingerprint density at radius 1 is 1.18 bits per heavy atom. The van der Waals surface area contributed by atoms with E-state index in [0.717, 1.165) is 80.3 Å². The van der Waals surface area contributed by atoms with Gasteiger partial charge in [-0.3, -0.25) is 14.7 Å². The smallest absolute Gasteiger partial charge is 0.256 e. The van der Waals surface area contributed by atoms with Gasteiger partial charge in [-0.2, -0.15) is 0 Å². The molecular formula is C23H31BrN2O2. The lowest BCUT2D eigenvalue weighted by Gasteiger charge is -2.24. The molecule has 0 unspecified atom stereocenters. The summed E-state index contributed by atoms with van der Waals surface area (Å²) in [6.45, 7) is 5.58. The van der Waals surface area contributed by atoms with E-state index < -0.39 is 5.54 Å². The van der Waals surface area contributed by atoms with Gasteiger partial charge in [0.25, 0.3) is 5.91 Å². The molecule has 0 radical (unpaired) electrons. The number of nitrogens with zero attached hydrogens (tertiary/aromatic N) is 2. The molecule has 1 aromatic rings. The van der Waals surface area contributed by atoms with E-state index in [2.05, 4.69) is 48.0 Å². The largest absolute Gasteiger partial charge is 0.371 e. The second kappa shape index (κ2) is 7.91. The summed E-state index contributed by atoms with van der Waals surface area (Å²) in [6, 6.07) is 6.47. The predicted molar refractivity (Wildman–Crippen MR) is 115 cm³/mol. The molecule has 5 heteroatoms. The topological polar surface area (TPSA) is 41.9 Å². The van der Waals surface area contributed by atoms with Gasteiger partial charge in [-0.25, -0.2) is 0 Å². The lowest BCUT2D eigenvalue weighted by molar-refractivity contribution is -0.131. The molecule has 1 aromatic carbocycles. The molecule has 2 saturated carbocycles. The Balaban J connectivity index is 1.59. The van der Waals surface area contributed by atoms with Crippen LogP contribution in [0.3, 0.4) is 0 Å². The van der Waals surface area contributed by atoms with E-state index in [1.54, 1.807) is 0 Å². The number of amidine groups is 1. The van der Waals surface area contributed by atoms with Crippen LogP contribution in [0.15, 0.2) is 27.7 Å². The number of carbonyl (C=O) groups is 1. The fourth-order valence-electron chi connectivity index (χ4n) is 4.78. The van der Waals surface area contributed by atoms with Crippen molar-refractivity contribution < 1.29 is 9.53 Å². The van der Waals surface area contributed by atoms with Gasteiger partial charge in [-0.1, -0.05) is 48.2 Å². The lowest BCUT2D eigenvalue weighted by atomic mass is 9.98. The Morgan fingerprint density at radius 2 is 1.93 bits per heavy atom. The normalized spacial score (nSPS) is 22.2. The SMILES string of the molecule is CCCCC1=NC2(CCCC2)C(=O)N1Cc1ccc(Br)c(C2(OCC)CC2)c1. The van der Waals surface area contributed by atoms with Crippen molar-refractivity contribution in [3.8, 4) is 0 Å². The number of unbranched alkanes of at least 4 members (excludes halogenated alkanes) is 1. The van der Waals surface area contributed by atoms with Crippen LogP contribution in [0.2, 0.25) is 0 Å². The first-order chi connectivity index (χ1) is 13.5. The zero-order valence-electron chi connectivity index (χ0n) is 17.1. The molecule has 2 fully saturated rings. The number of amides is 1. The molecule has 2 aliphatic carbocycles. The molecule has 1 heterocycles. The van der Waals surface area contributed by atoms with E-state index in [0.29, 0.717) is 6.54 Å². The number of hydrogen-bond donors (Lipinski definition) is 0. The van der Waals surface area contributed by atoms with Crippen LogP contribution in [-0.2, 0) is 21.7 Å². The van der Waals surface area contributed by atoms with E-state index in [9.17, 15) is 4.79 Å². The van der Waals surface area contributed by atoms with E-state index in [1.807, 2.05) is 4.90 Å². The zero-order chi connectivity index (χ0) is 19.8. The van der Waals surface area contributed by atoms with E-state index in [4.69, 9.17) is 9.73 Å². The number of aliphatic imine (C=N–C) groups is 1. The first kappa shape index (κ1) is 20.1. The fraction of sp³-hybridized carbons (Fsp3) is 0.652. The standard InChI is InChI=1S/C23H31BrN2O2/c1-3-5-8-20-25-22(11-6-7-12-22)21(27)26(20)16-17-9-10-19(24)18(15-17)23(13-14-23)28-4-2/h9-10,15H,3-8,11-14,16H2,1-2H3. The van der Waals surface area contributed by atoms with Gasteiger partial charge in [0.05, 0.1) is 12.1 Å². The molecule has 0 N–H and O–H groups in total. The maximum atomic E-state index is 13.3. The highest BCUT2D eigenvalue weighted by Gasteiger charge is 2.50. The minimum absolute atomic E-state index is 0.135. The van der Waals surface area contributed by atoms with Gasteiger partial charge in [0.2, 0.25) is 0 Å². The Morgan fingerprint density at radius 3 is 2.57 bits per heavy atom. The quantitative estimate of drug-likeness (QED) is 0.512. The fourth-order valence-corrected chi connectivity index (χ4v) is 5.39. The summed E-state index contributed by atoms with van der Waals surface area (Å²) in [7, 11) is 0. The van der Waals surface area contributed by atoms with E-state index in [1.165, 1.54) is 5.56 Å². The summed E-state index contributed by atoms with van der Waals surface area (Å²) in [5, 5.41) is 0. The summed E-state index contributed by atoms with van der Waals surface area (Å²) in [6.07, 6.45) is 9.29. The molecule has 152 valence electrons. The number of rotatable bonds is 8. The van der Waals surface area contributed by atoms with Crippen LogP contribution in [0, 0.1) is 0 Å². The van der Waals surface area contributed by atoms with Gasteiger partial charge >= 0.3 is 0 Å². The van der Waals surface area contributed by atoms with Crippen LogP contribution in [0.4, 0.5) is 0 Å². The Hall–Kier alpha value is -1.20. The van der Waals surface area contributed by atoms with Crippen LogP contribution >= 0.6 is 15.9 Å². The van der Waals surface area contributed by atoms with Crippen molar-refractivity contribution in [1.82, 2.24) is 4.90 Å². The van der Waals surface area contributed by atoms with Gasteiger partial charge in [-0.15, -0.1) is 0 Å². The third kappa shape index (κ3) is 3.56. The number of carbonyl (C=O) groups excluding carboxylic acids is 1. The van der Waals surface area contributed by atoms with E-state index >= 15 is 0 Å². The van der Waals surface area contributed by atoms with Gasteiger partial charge < -0.3 is 4.74 Å². The highest BCUT2D eigenvalue weighted by molar-refractivity contribution is 9.10. The molecule has 3 aliphatic rings. The molecule has 0 aromatic heterocycles. The lowest BCUT2D eigenvalue weighted by Crippen LogP contribution is -2.40. The third-order valence-corrected chi connectivity index (χ3v) is 7.16. The molecule has 0 saturated heterocycles. The molecule has 1 spiro atoms. The van der Waals surface area contributed by atoms with Gasteiger partial charge in [0.1, 0.15) is 11.4 Å². The van der Waals surface area contributed by atoms with Crippen LogP contribution in [0.25, 0.3) is 0 Å². The monoisotopic (exact) mass is 446 g/mol. The predicted octanol–water partition coefficient (Wildman–Crippen LogP) is 5.72. The maximum Gasteiger partial charge on any atom is 0.256 e. The van der Waals surface area contributed by atoms with Gasteiger partial charge in [-0.05, 0) is 62.3 Å². The van der Waals surface area contributed by atoms with Crippen molar-refractivity contribution in [1.29, 1.82) is 0 Å². The molecule has 0 bridgehead atoms. The van der Waals surface area contributed by atoms with E-state index in [-0.39, 0.29) is 11.5 Å². The molecule has 4 nitrogen and oxygen atoms in total. The van der Waals surface area contributed by atoms with Crippen LogP contribution in [-0.4, -0.2) is 28.8 Å². The Kier molecular flexibility index (Phi) is 5.67. The Bertz CT molecular complexity index is 779. The minimum atomic E-state index is -0.454. The molecule has 28 heavy (non-hydrogen) atoms. The van der Waals surface area contributed by atoms with Crippen LogP contribution < -0.4 is 0 Å². The minimum Gasteiger partial charge on any atom is -0.371 e. The summed E-state index contributed by atoms with van der Waals surface area (Å²) in [5.41, 5.74) is 1.80. The second-order valence-corrected chi connectivity index (χ2v) is 9.36. The van der Waals surface area contributed by atoms with Crippen molar-refractivity contribution in [2.45, 2.75) is 89.3 Å². The highest BCUT2D eigenvalue weighted by atomic mass is 79.9. The summed E-state index contributed by atoms with van der Waals surface area (Å²) < 4.78 is 7.17. The molecule has 4 rings (SSSR count). The van der Waals surface area contributed by atoms with Crippen molar-refractivity contribution in [3.63, 3.8) is 0 Å². The number of ether oxygens (including phenoxy) is 1. The molecule has 1 aliphatic heterocycles.